The zero-order valence-electron chi connectivity index (χ0n) is 14.2. The van der Waals surface area contributed by atoms with Crippen molar-refractivity contribution < 1.29 is 9.90 Å². The molecule has 0 saturated heterocycles. The minimum atomic E-state index is -1.21. The molecule has 2 rings (SSSR count). The minimum absolute atomic E-state index is 0.214. The van der Waals surface area contributed by atoms with Crippen LogP contribution in [0.5, 0.6) is 0 Å². The Labute approximate surface area is 140 Å². The summed E-state index contributed by atoms with van der Waals surface area (Å²) in [7, 11) is 0. The predicted molar refractivity (Wildman–Crippen MR) is 92.9 cm³/mol. The molecule has 0 aliphatic carbocycles. The van der Waals surface area contributed by atoms with Gasteiger partial charge in [0, 0.05) is 31.2 Å². The van der Waals surface area contributed by atoms with Gasteiger partial charge in [-0.1, -0.05) is 12.1 Å². The van der Waals surface area contributed by atoms with Gasteiger partial charge in [-0.2, -0.15) is 0 Å². The number of carboxylic acid groups (broad SMARTS) is 1. The lowest BCUT2D eigenvalue weighted by atomic mass is 10.1. The molecule has 2 aromatic rings. The molecule has 24 heavy (non-hydrogen) atoms. The van der Waals surface area contributed by atoms with Gasteiger partial charge in [-0.3, -0.25) is 9.80 Å². The maximum absolute atomic E-state index is 12.3. The van der Waals surface area contributed by atoms with Crippen molar-refractivity contribution in [1.29, 1.82) is 0 Å². The molecule has 1 aromatic carbocycles. The molecular weight excluding hydrogens is 308 g/mol. The van der Waals surface area contributed by atoms with Crippen molar-refractivity contribution in [1.82, 2.24) is 9.58 Å². The third kappa shape index (κ3) is 3.61. The van der Waals surface area contributed by atoms with Gasteiger partial charge in [0.2, 0.25) is 5.43 Å². The van der Waals surface area contributed by atoms with E-state index < -0.39 is 11.4 Å². The van der Waals surface area contributed by atoms with Crippen LogP contribution in [0.15, 0.2) is 39.5 Å². The Morgan fingerprint density at radius 1 is 1.25 bits per heavy atom. The van der Waals surface area contributed by atoms with E-state index in [1.165, 1.54) is 6.20 Å². The number of pyridine rings is 1. The summed E-state index contributed by atoms with van der Waals surface area (Å²) in [6.07, 6.45) is 2.23. The van der Waals surface area contributed by atoms with Crippen LogP contribution < -0.4 is 5.43 Å². The second-order valence-corrected chi connectivity index (χ2v) is 5.40. The van der Waals surface area contributed by atoms with Crippen molar-refractivity contribution in [3.63, 3.8) is 0 Å². The molecule has 0 aliphatic heterocycles. The van der Waals surface area contributed by atoms with Crippen LogP contribution in [0.3, 0.4) is 0 Å². The molecular formula is C17H22N4O3. The first-order valence-electron chi connectivity index (χ1n) is 8.08. The molecule has 0 unspecified atom stereocenters. The number of aromatic nitrogens is 1. The maximum atomic E-state index is 12.3. The Balaban J connectivity index is 2.58. The number of aryl methyl sites for hydroxylation is 1. The predicted octanol–water partition coefficient (Wildman–Crippen LogP) is 3.45. The summed E-state index contributed by atoms with van der Waals surface area (Å²) in [5.74, 6) is -1.21. The van der Waals surface area contributed by atoms with E-state index in [4.69, 9.17) is 0 Å². The smallest absolute Gasteiger partial charge is 0.341 e. The Morgan fingerprint density at radius 3 is 2.54 bits per heavy atom. The van der Waals surface area contributed by atoms with Crippen LogP contribution in [0.25, 0.3) is 10.9 Å². The summed E-state index contributed by atoms with van der Waals surface area (Å²) in [6, 6.07) is 5.07. The lowest BCUT2D eigenvalue weighted by Gasteiger charge is -2.13. The van der Waals surface area contributed by atoms with Crippen molar-refractivity contribution in [3.05, 3.63) is 40.2 Å². The molecule has 1 N–H and O–H groups in total. The summed E-state index contributed by atoms with van der Waals surface area (Å²) in [5.41, 5.74) is 0.607. The Kier molecular flexibility index (Phi) is 5.68. The van der Waals surface area contributed by atoms with Crippen LogP contribution in [0.2, 0.25) is 0 Å². The molecule has 0 radical (unpaired) electrons. The zero-order chi connectivity index (χ0) is 17.7. The number of carboxylic acids is 1. The van der Waals surface area contributed by atoms with Crippen molar-refractivity contribution in [2.24, 2.45) is 10.3 Å². The van der Waals surface area contributed by atoms with Crippen molar-refractivity contribution in [2.45, 2.75) is 33.7 Å². The molecule has 128 valence electrons. The summed E-state index contributed by atoms with van der Waals surface area (Å²) >= 11 is 0. The first-order chi connectivity index (χ1) is 11.5. The second kappa shape index (κ2) is 7.72. The number of benzene rings is 1. The Bertz CT molecular complexity index is 822. The highest BCUT2D eigenvalue weighted by Gasteiger charge is 2.14. The lowest BCUT2D eigenvalue weighted by Crippen LogP contribution is -2.18. The van der Waals surface area contributed by atoms with Gasteiger partial charge in [0.1, 0.15) is 5.56 Å². The fraction of sp³-hybridized carbons (Fsp3) is 0.412. The molecule has 0 atom stereocenters. The molecule has 7 nitrogen and oxygen atoms in total. The normalized spacial score (nSPS) is 11.3. The van der Waals surface area contributed by atoms with E-state index >= 15 is 0 Å². The van der Waals surface area contributed by atoms with Gasteiger partial charge in [-0.15, -0.1) is 5.11 Å². The average Bonchev–Trinajstić information content (AvgIpc) is 2.58. The molecule has 0 spiro atoms. The second-order valence-electron chi connectivity index (χ2n) is 5.40. The van der Waals surface area contributed by atoms with Gasteiger partial charge in [-0.25, -0.2) is 4.79 Å². The summed E-state index contributed by atoms with van der Waals surface area (Å²) in [6.45, 7) is 8.12. The number of rotatable bonds is 7. The van der Waals surface area contributed by atoms with Crippen LogP contribution in [0.4, 0.5) is 5.69 Å². The van der Waals surface area contributed by atoms with Crippen LogP contribution in [0, 0.1) is 0 Å². The van der Waals surface area contributed by atoms with E-state index in [0.29, 0.717) is 23.1 Å². The van der Waals surface area contributed by atoms with Gasteiger partial charge >= 0.3 is 5.97 Å². The fourth-order valence-electron chi connectivity index (χ4n) is 2.48. The van der Waals surface area contributed by atoms with Gasteiger partial charge < -0.3 is 9.67 Å². The summed E-state index contributed by atoms with van der Waals surface area (Å²) < 4.78 is 1.79. The highest BCUT2D eigenvalue weighted by Crippen LogP contribution is 2.21. The van der Waals surface area contributed by atoms with E-state index in [9.17, 15) is 14.7 Å². The molecule has 1 heterocycles. The van der Waals surface area contributed by atoms with Crippen LogP contribution in [-0.2, 0) is 6.54 Å². The average molecular weight is 330 g/mol. The van der Waals surface area contributed by atoms with Crippen molar-refractivity contribution in [2.75, 3.05) is 13.1 Å². The van der Waals surface area contributed by atoms with Crippen LogP contribution >= 0.6 is 0 Å². The highest BCUT2D eigenvalue weighted by molar-refractivity contribution is 5.93. The molecule has 0 aliphatic rings. The van der Waals surface area contributed by atoms with Crippen molar-refractivity contribution in [3.8, 4) is 0 Å². The van der Waals surface area contributed by atoms with E-state index in [0.717, 1.165) is 19.5 Å². The van der Waals surface area contributed by atoms with Gasteiger partial charge in [-0.05, 0) is 38.5 Å². The monoisotopic (exact) mass is 330 g/mol. The van der Waals surface area contributed by atoms with Gasteiger partial charge in [0.15, 0.2) is 0 Å². The summed E-state index contributed by atoms with van der Waals surface area (Å²) in [5, 5.41) is 19.8. The molecule has 0 saturated carbocycles. The highest BCUT2D eigenvalue weighted by atomic mass is 16.4. The number of nitrogens with zero attached hydrogens (tertiary/aromatic N) is 4. The van der Waals surface area contributed by atoms with Crippen molar-refractivity contribution >= 4 is 22.6 Å². The number of fused-ring (bicyclic) bond motifs is 1. The zero-order valence-corrected chi connectivity index (χ0v) is 14.2. The van der Waals surface area contributed by atoms with E-state index in [-0.39, 0.29) is 5.56 Å². The Hall–Kier alpha value is -2.70. The number of carbonyl (C=O) groups is 1. The number of hydrogen-bond acceptors (Lipinski definition) is 4. The van der Waals surface area contributed by atoms with E-state index in [1.54, 1.807) is 22.8 Å². The first-order valence-corrected chi connectivity index (χ1v) is 8.08. The third-order valence-corrected chi connectivity index (χ3v) is 3.78. The number of hydrogen-bond donors (Lipinski definition) is 1. The molecule has 0 fully saturated rings. The maximum Gasteiger partial charge on any atom is 0.341 e. The topological polar surface area (TPSA) is 87.3 Å². The summed E-state index contributed by atoms with van der Waals surface area (Å²) in [4.78, 5) is 23.6. The van der Waals surface area contributed by atoms with Crippen LogP contribution in [-0.4, -0.2) is 33.7 Å². The van der Waals surface area contributed by atoms with E-state index in [1.807, 2.05) is 25.8 Å². The fourth-order valence-corrected chi connectivity index (χ4v) is 2.48. The largest absolute Gasteiger partial charge is 0.477 e. The standard InChI is InChI=1S/C17H22N4O3/c1-4-9-20-11-14(17(23)24)16(22)13-8-7-12(10-15(13)20)18-19-21(5-2)6-3/h7-8,10-11H,4-6,9H2,1-3H3,(H,23,24)/b19-18+. The SMILES string of the molecule is CCCn1cc(C(=O)O)c(=O)c2ccc(/N=N/N(CC)CC)cc21. The first kappa shape index (κ1) is 17.7. The van der Waals surface area contributed by atoms with Gasteiger partial charge in [0.05, 0.1) is 11.2 Å². The lowest BCUT2D eigenvalue weighted by molar-refractivity contribution is 0.0695. The van der Waals surface area contributed by atoms with Gasteiger partial charge in [0.25, 0.3) is 0 Å². The van der Waals surface area contributed by atoms with Crippen LogP contribution in [0.1, 0.15) is 37.6 Å². The Morgan fingerprint density at radius 2 is 1.96 bits per heavy atom. The molecule has 0 amide bonds. The molecule has 7 heteroatoms. The number of aromatic carboxylic acids is 1. The molecule has 0 bridgehead atoms. The van der Waals surface area contributed by atoms with E-state index in [2.05, 4.69) is 10.3 Å². The molecule has 1 aromatic heterocycles. The quantitative estimate of drug-likeness (QED) is 0.622. The third-order valence-electron chi connectivity index (χ3n) is 3.78. The minimum Gasteiger partial charge on any atom is -0.477 e.